The molecule has 0 heterocycles. The first-order valence-electron chi connectivity index (χ1n) is 6.94. The van der Waals surface area contributed by atoms with Gasteiger partial charge < -0.3 is 9.57 Å². The number of nitrogens with zero attached hydrogens (tertiary/aromatic N) is 1. The minimum Gasteiger partial charge on any atom is -0.497 e. The van der Waals surface area contributed by atoms with Gasteiger partial charge in [-0.05, 0) is 48.9 Å². The Balaban J connectivity index is 2.48. The minimum atomic E-state index is -0.351. The third kappa shape index (κ3) is 4.42. The van der Waals surface area contributed by atoms with E-state index in [0.717, 1.165) is 10.0 Å². The van der Waals surface area contributed by atoms with Gasteiger partial charge in [-0.2, -0.15) is 0 Å². The Morgan fingerprint density at radius 1 is 1.09 bits per heavy atom. The van der Waals surface area contributed by atoms with Gasteiger partial charge in [0, 0.05) is 15.6 Å². The lowest BCUT2D eigenvalue weighted by atomic mass is 10.0. The van der Waals surface area contributed by atoms with Crippen molar-refractivity contribution in [1.29, 1.82) is 0 Å². The van der Waals surface area contributed by atoms with Gasteiger partial charge in [-0.3, -0.25) is 0 Å². The lowest BCUT2D eigenvalue weighted by Gasteiger charge is -2.10. The van der Waals surface area contributed by atoms with Crippen LogP contribution in [0.4, 0.5) is 4.39 Å². The van der Waals surface area contributed by atoms with E-state index in [1.54, 1.807) is 32.2 Å². The van der Waals surface area contributed by atoms with Gasteiger partial charge in [-0.1, -0.05) is 33.2 Å². The van der Waals surface area contributed by atoms with Gasteiger partial charge >= 0.3 is 0 Å². The molecule has 0 fully saturated rings. The van der Waals surface area contributed by atoms with Crippen molar-refractivity contribution in [2.45, 2.75) is 6.92 Å². The first-order chi connectivity index (χ1) is 11.0. The highest BCUT2D eigenvalue weighted by molar-refractivity contribution is 9.10. The maximum atomic E-state index is 14.7. The SMILES string of the molecule is CO/N=C(\C)c1cc(OC)ccc1/C(F)=C/c1ccc(Br)cc1. The fourth-order valence-electron chi connectivity index (χ4n) is 2.13. The first kappa shape index (κ1) is 17.2. The second-order valence-corrected chi connectivity index (χ2v) is 5.73. The maximum absolute atomic E-state index is 14.7. The molecule has 0 bridgehead atoms. The predicted octanol–water partition coefficient (Wildman–Crippen LogP) is 5.30. The van der Waals surface area contributed by atoms with Gasteiger partial charge in [0.05, 0.1) is 12.8 Å². The van der Waals surface area contributed by atoms with Crippen molar-refractivity contribution in [2.75, 3.05) is 14.2 Å². The van der Waals surface area contributed by atoms with Crippen LogP contribution in [-0.4, -0.2) is 19.9 Å². The minimum absolute atomic E-state index is 0.351. The van der Waals surface area contributed by atoms with Crippen molar-refractivity contribution in [3.63, 3.8) is 0 Å². The number of methoxy groups -OCH3 is 1. The van der Waals surface area contributed by atoms with Crippen LogP contribution in [0.15, 0.2) is 52.1 Å². The highest BCUT2D eigenvalue weighted by Gasteiger charge is 2.12. The molecule has 0 amide bonds. The summed E-state index contributed by atoms with van der Waals surface area (Å²) in [4.78, 5) is 4.80. The molecule has 120 valence electrons. The second-order valence-electron chi connectivity index (χ2n) is 4.81. The molecule has 5 heteroatoms. The van der Waals surface area contributed by atoms with Gasteiger partial charge in [-0.15, -0.1) is 0 Å². The number of hydrogen-bond donors (Lipinski definition) is 0. The molecule has 0 radical (unpaired) electrons. The molecule has 2 aromatic carbocycles. The number of benzene rings is 2. The van der Waals surface area contributed by atoms with Crippen LogP contribution in [0.25, 0.3) is 11.9 Å². The summed E-state index contributed by atoms with van der Waals surface area (Å²) in [5, 5.41) is 3.89. The average Bonchev–Trinajstić information content (AvgIpc) is 2.56. The largest absolute Gasteiger partial charge is 0.497 e. The summed E-state index contributed by atoms with van der Waals surface area (Å²) < 4.78 is 20.9. The van der Waals surface area contributed by atoms with Crippen LogP contribution in [0.1, 0.15) is 23.6 Å². The van der Waals surface area contributed by atoms with Crippen molar-refractivity contribution < 1.29 is 14.0 Å². The van der Waals surface area contributed by atoms with Crippen molar-refractivity contribution in [3.05, 3.63) is 63.6 Å². The van der Waals surface area contributed by atoms with Crippen molar-refractivity contribution >= 4 is 33.5 Å². The highest BCUT2D eigenvalue weighted by Crippen LogP contribution is 2.27. The van der Waals surface area contributed by atoms with E-state index >= 15 is 0 Å². The molecule has 0 N–H and O–H groups in total. The lowest BCUT2D eigenvalue weighted by molar-refractivity contribution is 0.213. The molecule has 0 aliphatic carbocycles. The third-order valence-corrected chi connectivity index (χ3v) is 3.79. The summed E-state index contributed by atoms with van der Waals surface area (Å²) in [6, 6.07) is 12.5. The van der Waals surface area contributed by atoms with E-state index < -0.39 is 0 Å². The van der Waals surface area contributed by atoms with Crippen LogP contribution in [0.2, 0.25) is 0 Å². The van der Waals surface area contributed by atoms with Gasteiger partial charge in [0.2, 0.25) is 0 Å². The summed E-state index contributed by atoms with van der Waals surface area (Å²) >= 11 is 3.36. The summed E-state index contributed by atoms with van der Waals surface area (Å²) in [6.45, 7) is 1.76. The smallest absolute Gasteiger partial charge is 0.131 e. The second kappa shape index (κ2) is 7.92. The molecule has 0 saturated carbocycles. The zero-order valence-electron chi connectivity index (χ0n) is 13.1. The Morgan fingerprint density at radius 3 is 2.39 bits per heavy atom. The van der Waals surface area contributed by atoms with E-state index in [2.05, 4.69) is 21.1 Å². The molecular weight excluding hydrogens is 361 g/mol. The van der Waals surface area contributed by atoms with E-state index in [1.165, 1.54) is 13.2 Å². The summed E-state index contributed by atoms with van der Waals surface area (Å²) in [5.41, 5.74) is 2.40. The van der Waals surface area contributed by atoms with Crippen LogP contribution in [0.5, 0.6) is 5.75 Å². The molecular formula is C18H17BrFNO2. The molecule has 0 saturated heterocycles. The van der Waals surface area contributed by atoms with Crippen molar-refractivity contribution in [2.24, 2.45) is 5.16 Å². The Morgan fingerprint density at radius 2 is 1.78 bits per heavy atom. The Labute approximate surface area is 143 Å². The predicted molar refractivity (Wildman–Crippen MR) is 95.3 cm³/mol. The molecule has 0 unspecified atom stereocenters. The standard InChI is InChI=1S/C18H17BrFNO2/c1-12(21-23-3)17-11-15(22-2)8-9-16(17)18(20)10-13-4-6-14(19)7-5-13/h4-11H,1-3H3/b18-10-,21-12+. The number of ether oxygens (including phenoxy) is 1. The highest BCUT2D eigenvalue weighted by atomic mass is 79.9. The molecule has 0 atom stereocenters. The van der Waals surface area contributed by atoms with E-state index in [0.29, 0.717) is 22.6 Å². The molecule has 0 aromatic heterocycles. The van der Waals surface area contributed by atoms with E-state index in [4.69, 9.17) is 9.57 Å². The third-order valence-electron chi connectivity index (χ3n) is 3.27. The van der Waals surface area contributed by atoms with E-state index in [-0.39, 0.29) is 5.83 Å². The number of oxime groups is 1. The van der Waals surface area contributed by atoms with Crippen LogP contribution < -0.4 is 4.74 Å². The molecule has 0 spiro atoms. The van der Waals surface area contributed by atoms with Gasteiger partial charge in [0.15, 0.2) is 0 Å². The number of halogens is 2. The summed E-state index contributed by atoms with van der Waals surface area (Å²) in [7, 11) is 3.02. The van der Waals surface area contributed by atoms with Gasteiger partial charge in [-0.25, -0.2) is 4.39 Å². The Bertz CT molecular complexity index is 739. The average molecular weight is 378 g/mol. The molecule has 0 aliphatic rings. The zero-order chi connectivity index (χ0) is 16.8. The molecule has 2 aromatic rings. The first-order valence-corrected chi connectivity index (χ1v) is 7.73. The Hall–Kier alpha value is -2.14. The van der Waals surface area contributed by atoms with Crippen LogP contribution >= 0.6 is 15.9 Å². The van der Waals surface area contributed by atoms with E-state index in [9.17, 15) is 4.39 Å². The Kier molecular flexibility index (Phi) is 5.93. The zero-order valence-corrected chi connectivity index (χ0v) is 14.7. The maximum Gasteiger partial charge on any atom is 0.131 e. The van der Waals surface area contributed by atoms with Crippen LogP contribution in [-0.2, 0) is 4.84 Å². The molecule has 23 heavy (non-hydrogen) atoms. The molecule has 0 aliphatic heterocycles. The van der Waals surface area contributed by atoms with Crippen molar-refractivity contribution in [1.82, 2.24) is 0 Å². The summed E-state index contributed by atoms with van der Waals surface area (Å²) in [6.07, 6.45) is 1.48. The lowest BCUT2D eigenvalue weighted by Crippen LogP contribution is -2.01. The van der Waals surface area contributed by atoms with Crippen LogP contribution in [0, 0.1) is 0 Å². The normalized spacial score (nSPS) is 12.2. The van der Waals surface area contributed by atoms with Gasteiger partial charge in [0.1, 0.15) is 18.7 Å². The molecule has 3 nitrogen and oxygen atoms in total. The fraction of sp³-hybridized carbons (Fsp3) is 0.167. The fourth-order valence-corrected chi connectivity index (χ4v) is 2.39. The summed E-state index contributed by atoms with van der Waals surface area (Å²) in [5.74, 6) is 0.279. The topological polar surface area (TPSA) is 30.8 Å². The molecule has 2 rings (SSSR count). The van der Waals surface area contributed by atoms with E-state index in [1.807, 2.05) is 24.3 Å². The number of hydrogen-bond acceptors (Lipinski definition) is 3. The van der Waals surface area contributed by atoms with Crippen molar-refractivity contribution in [3.8, 4) is 5.75 Å². The van der Waals surface area contributed by atoms with Gasteiger partial charge in [0.25, 0.3) is 0 Å². The number of rotatable bonds is 5. The monoisotopic (exact) mass is 377 g/mol. The van der Waals surface area contributed by atoms with Crippen LogP contribution in [0.3, 0.4) is 0 Å². The quantitative estimate of drug-likeness (QED) is 0.402.